The van der Waals surface area contributed by atoms with E-state index in [1.807, 2.05) is 78.9 Å². The SMILES string of the molecule is Nc1ccccc1NC(=O)CCCCC(=O)Nc1ccc([C@H]2O[C@@H](CSc3ccccn3)C[C@@H](c3ccc(CO)cc3)O2)cc1. The second kappa shape index (κ2) is 16.2. The molecule has 3 atom stereocenters. The van der Waals surface area contributed by atoms with Crippen molar-refractivity contribution in [1.29, 1.82) is 0 Å². The van der Waals surface area contributed by atoms with E-state index in [-0.39, 0.29) is 30.6 Å². The maximum Gasteiger partial charge on any atom is 0.224 e. The minimum absolute atomic E-state index is 0.00832. The normalized spacial score (nSPS) is 17.8. The Morgan fingerprint density at radius 3 is 2.22 bits per heavy atom. The van der Waals surface area contributed by atoms with Crippen molar-refractivity contribution < 1.29 is 24.2 Å². The fourth-order valence-corrected chi connectivity index (χ4v) is 5.86. The van der Waals surface area contributed by atoms with E-state index >= 15 is 0 Å². The van der Waals surface area contributed by atoms with E-state index in [0.29, 0.717) is 49.2 Å². The van der Waals surface area contributed by atoms with Crippen LogP contribution in [0.25, 0.3) is 0 Å². The number of benzene rings is 3. The number of rotatable bonds is 13. The zero-order chi connectivity index (χ0) is 31.4. The van der Waals surface area contributed by atoms with Crippen molar-refractivity contribution in [1.82, 2.24) is 4.98 Å². The summed E-state index contributed by atoms with van der Waals surface area (Å²) in [5, 5.41) is 16.1. The molecule has 1 saturated heterocycles. The predicted molar refractivity (Wildman–Crippen MR) is 176 cm³/mol. The van der Waals surface area contributed by atoms with E-state index < -0.39 is 6.29 Å². The molecule has 0 bridgehead atoms. The molecule has 0 aliphatic carbocycles. The van der Waals surface area contributed by atoms with Gasteiger partial charge in [0.15, 0.2) is 6.29 Å². The highest BCUT2D eigenvalue weighted by Crippen LogP contribution is 2.39. The molecule has 234 valence electrons. The molecule has 3 aromatic carbocycles. The molecule has 0 radical (unpaired) electrons. The van der Waals surface area contributed by atoms with E-state index in [9.17, 15) is 14.7 Å². The predicted octanol–water partition coefficient (Wildman–Crippen LogP) is 6.63. The van der Waals surface area contributed by atoms with Crippen LogP contribution in [0, 0.1) is 0 Å². The van der Waals surface area contributed by atoms with Gasteiger partial charge < -0.3 is 30.9 Å². The molecular weight excluding hydrogens is 588 g/mol. The lowest BCUT2D eigenvalue weighted by Crippen LogP contribution is -2.31. The number of aliphatic hydroxyl groups excluding tert-OH is 1. The lowest BCUT2D eigenvalue weighted by molar-refractivity contribution is -0.245. The lowest BCUT2D eigenvalue weighted by atomic mass is 10.0. The number of hydrogen-bond acceptors (Lipinski definition) is 8. The largest absolute Gasteiger partial charge is 0.397 e. The lowest BCUT2D eigenvalue weighted by Gasteiger charge is -2.36. The molecule has 1 aliphatic rings. The average molecular weight is 627 g/mol. The van der Waals surface area contributed by atoms with Gasteiger partial charge in [-0.25, -0.2) is 4.98 Å². The molecule has 2 heterocycles. The number of pyridine rings is 1. The van der Waals surface area contributed by atoms with Crippen LogP contribution in [0.2, 0.25) is 0 Å². The van der Waals surface area contributed by atoms with Crippen LogP contribution in [0.5, 0.6) is 0 Å². The Morgan fingerprint density at radius 1 is 0.844 bits per heavy atom. The molecule has 1 fully saturated rings. The number of hydrogen-bond donors (Lipinski definition) is 4. The number of aromatic nitrogens is 1. The summed E-state index contributed by atoms with van der Waals surface area (Å²) in [6.07, 6.45) is 3.42. The van der Waals surface area contributed by atoms with Gasteiger partial charge in [-0.1, -0.05) is 54.6 Å². The summed E-state index contributed by atoms with van der Waals surface area (Å²) < 4.78 is 12.8. The second-order valence-corrected chi connectivity index (χ2v) is 11.9. The Hall–Kier alpha value is -4.22. The van der Waals surface area contributed by atoms with Gasteiger partial charge in [0.2, 0.25) is 11.8 Å². The van der Waals surface area contributed by atoms with E-state index in [2.05, 4.69) is 15.6 Å². The topological polar surface area (TPSA) is 136 Å². The molecule has 2 amide bonds. The molecule has 9 nitrogen and oxygen atoms in total. The van der Waals surface area contributed by atoms with Crippen LogP contribution in [-0.4, -0.2) is 33.8 Å². The van der Waals surface area contributed by atoms with Crippen LogP contribution >= 0.6 is 11.8 Å². The first-order valence-electron chi connectivity index (χ1n) is 15.1. The van der Waals surface area contributed by atoms with Crippen LogP contribution in [0.4, 0.5) is 17.1 Å². The minimum atomic E-state index is -0.585. The maximum atomic E-state index is 12.6. The molecule has 1 aromatic heterocycles. The minimum Gasteiger partial charge on any atom is -0.397 e. The van der Waals surface area contributed by atoms with Gasteiger partial charge in [-0.15, -0.1) is 11.8 Å². The first kappa shape index (κ1) is 32.2. The summed E-state index contributed by atoms with van der Waals surface area (Å²) in [5.74, 6) is 0.481. The van der Waals surface area contributed by atoms with Gasteiger partial charge in [0.05, 0.1) is 35.2 Å². The highest BCUT2D eigenvalue weighted by Gasteiger charge is 2.32. The van der Waals surface area contributed by atoms with E-state index in [0.717, 1.165) is 27.5 Å². The number of para-hydroxylation sites is 2. The fraction of sp³-hybridized carbons (Fsp3) is 0.286. The Kier molecular flexibility index (Phi) is 11.6. The van der Waals surface area contributed by atoms with Gasteiger partial charge in [-0.3, -0.25) is 9.59 Å². The van der Waals surface area contributed by atoms with Crippen molar-refractivity contribution >= 4 is 40.6 Å². The van der Waals surface area contributed by atoms with Crippen molar-refractivity contribution in [2.75, 3.05) is 22.1 Å². The van der Waals surface area contributed by atoms with E-state index in [4.69, 9.17) is 15.2 Å². The number of amides is 2. The number of nitrogens with zero attached hydrogens (tertiary/aromatic N) is 1. The first-order chi connectivity index (χ1) is 22.0. The van der Waals surface area contributed by atoms with Crippen LogP contribution in [-0.2, 0) is 25.7 Å². The van der Waals surface area contributed by atoms with Gasteiger partial charge in [0, 0.05) is 42.5 Å². The number of nitrogens with two attached hydrogens (primary N) is 1. The highest BCUT2D eigenvalue weighted by atomic mass is 32.2. The van der Waals surface area contributed by atoms with E-state index in [1.54, 1.807) is 30.1 Å². The van der Waals surface area contributed by atoms with Gasteiger partial charge in [-0.2, -0.15) is 0 Å². The Morgan fingerprint density at radius 2 is 1.53 bits per heavy atom. The zero-order valence-electron chi connectivity index (χ0n) is 24.9. The smallest absolute Gasteiger partial charge is 0.224 e. The number of carbonyl (C=O) groups excluding carboxylic acids is 2. The van der Waals surface area contributed by atoms with Crippen LogP contribution in [0.15, 0.2) is 102 Å². The number of thioether (sulfide) groups is 1. The highest BCUT2D eigenvalue weighted by molar-refractivity contribution is 7.99. The van der Waals surface area contributed by atoms with Gasteiger partial charge >= 0.3 is 0 Å². The molecule has 45 heavy (non-hydrogen) atoms. The van der Waals surface area contributed by atoms with Crippen molar-refractivity contribution in [3.05, 3.63) is 114 Å². The second-order valence-electron chi connectivity index (χ2n) is 10.8. The number of unbranched alkanes of at least 4 members (excludes halogenated alkanes) is 1. The molecule has 4 aromatic rings. The third kappa shape index (κ3) is 9.63. The number of nitrogens with one attached hydrogen (secondary N) is 2. The standard InChI is InChI=1S/C35H38N4O5S/c36-29-7-1-2-8-30(29)39-33(42)10-4-3-9-32(41)38-27-18-16-26(17-19-27)35-43-28(23-45-34-11-5-6-20-37-34)21-31(44-35)25-14-12-24(22-40)13-15-25/h1-2,5-8,11-20,28,31,35,40H,3-4,9-10,21-23,36H2,(H,38,41)(H,39,42)/t28-,31+,35+/m1/s1. The quantitative estimate of drug-likeness (QED) is 0.0738. The van der Waals surface area contributed by atoms with Crippen molar-refractivity contribution in [3.63, 3.8) is 0 Å². The molecule has 1 aliphatic heterocycles. The van der Waals surface area contributed by atoms with Crippen LogP contribution in [0.1, 0.15) is 61.2 Å². The summed E-state index contributed by atoms with van der Waals surface area (Å²) in [6.45, 7) is -0.00832. The Balaban J connectivity index is 1.13. The number of nitrogen functional groups attached to an aromatic ring is 1. The molecule has 10 heteroatoms. The van der Waals surface area contributed by atoms with Crippen molar-refractivity contribution in [2.45, 2.75) is 62.2 Å². The number of aliphatic hydroxyl groups is 1. The maximum absolute atomic E-state index is 12.6. The van der Waals surface area contributed by atoms with Crippen LogP contribution in [0.3, 0.4) is 0 Å². The van der Waals surface area contributed by atoms with Crippen molar-refractivity contribution in [2.24, 2.45) is 0 Å². The summed E-state index contributed by atoms with van der Waals surface area (Å²) in [6, 6.07) is 28.3. The Bertz CT molecular complexity index is 1540. The van der Waals surface area contributed by atoms with Gasteiger partial charge in [0.25, 0.3) is 0 Å². The summed E-state index contributed by atoms with van der Waals surface area (Å²) in [7, 11) is 0. The monoisotopic (exact) mass is 626 g/mol. The fourth-order valence-electron chi connectivity index (χ4n) is 4.98. The van der Waals surface area contributed by atoms with Gasteiger partial charge in [0.1, 0.15) is 0 Å². The number of ether oxygens (including phenoxy) is 2. The summed E-state index contributed by atoms with van der Waals surface area (Å²) >= 11 is 1.65. The first-order valence-corrected chi connectivity index (χ1v) is 16.0. The molecule has 5 N–H and O–H groups in total. The van der Waals surface area contributed by atoms with Gasteiger partial charge in [-0.05, 0) is 60.4 Å². The Labute approximate surface area is 267 Å². The average Bonchev–Trinajstić information content (AvgIpc) is 3.07. The molecule has 5 rings (SSSR count). The van der Waals surface area contributed by atoms with Crippen molar-refractivity contribution in [3.8, 4) is 0 Å². The number of anilines is 3. The molecular formula is C35H38N4O5S. The number of carbonyl (C=O) groups is 2. The van der Waals surface area contributed by atoms with Crippen LogP contribution < -0.4 is 16.4 Å². The molecule has 0 spiro atoms. The van der Waals surface area contributed by atoms with E-state index in [1.165, 1.54) is 0 Å². The summed E-state index contributed by atoms with van der Waals surface area (Å²) in [5.41, 5.74) is 10.4. The summed E-state index contributed by atoms with van der Waals surface area (Å²) in [4.78, 5) is 29.2. The zero-order valence-corrected chi connectivity index (χ0v) is 25.7. The third-order valence-corrected chi connectivity index (χ3v) is 8.50. The molecule has 0 saturated carbocycles. The molecule has 0 unspecified atom stereocenters. The third-order valence-electron chi connectivity index (χ3n) is 7.43.